The second-order valence-electron chi connectivity index (χ2n) is 25.9. The molecule has 0 aliphatic carbocycles. The summed E-state index contributed by atoms with van der Waals surface area (Å²) in [4.78, 5) is 38.5. The van der Waals surface area contributed by atoms with Gasteiger partial charge in [-0.15, -0.1) is 0 Å². The lowest BCUT2D eigenvalue weighted by atomic mass is 10.0. The zero-order valence-electron chi connectivity index (χ0n) is 55.6. The van der Waals surface area contributed by atoms with Gasteiger partial charge in [0, 0.05) is 19.3 Å². The molecule has 0 aliphatic heterocycles. The molecule has 1 unspecified atom stereocenters. The summed E-state index contributed by atoms with van der Waals surface area (Å²) in [5.41, 5.74) is 0. The second-order valence-corrected chi connectivity index (χ2v) is 25.9. The van der Waals surface area contributed by atoms with Crippen LogP contribution in [0.15, 0.2) is 0 Å². The molecule has 6 heteroatoms. The van der Waals surface area contributed by atoms with E-state index in [1.54, 1.807) is 0 Å². The minimum Gasteiger partial charge on any atom is -0.462 e. The topological polar surface area (TPSA) is 78.9 Å². The fourth-order valence-electron chi connectivity index (χ4n) is 12.0. The molecule has 0 N–H and O–H groups in total. The Labute approximate surface area is 508 Å². The van der Waals surface area contributed by atoms with Crippen molar-refractivity contribution in [3.8, 4) is 0 Å². The number of carbonyl (C=O) groups is 3. The maximum atomic E-state index is 13.0. The molecule has 0 bridgehead atoms. The van der Waals surface area contributed by atoms with Crippen molar-refractivity contribution in [3.05, 3.63) is 0 Å². The molecule has 0 spiro atoms. The molecular weight excluding hydrogens is 997 g/mol. The van der Waals surface area contributed by atoms with E-state index in [1.807, 2.05) is 0 Å². The lowest BCUT2D eigenvalue weighted by molar-refractivity contribution is -0.167. The summed E-state index contributed by atoms with van der Waals surface area (Å²) >= 11 is 0. The second kappa shape index (κ2) is 70.9. The van der Waals surface area contributed by atoms with Crippen molar-refractivity contribution >= 4 is 17.9 Å². The predicted molar refractivity (Wildman–Crippen MR) is 354 cm³/mol. The van der Waals surface area contributed by atoms with E-state index < -0.39 is 6.10 Å². The van der Waals surface area contributed by atoms with Crippen molar-refractivity contribution in [3.63, 3.8) is 0 Å². The minimum atomic E-state index is -0.764. The van der Waals surface area contributed by atoms with Crippen LogP contribution in [-0.2, 0) is 28.6 Å². The molecule has 1 atom stereocenters. The average molecular weight is 1140 g/mol. The quantitative estimate of drug-likeness (QED) is 0.0343. The number of unbranched alkanes of at least 4 members (excludes halogenated alkanes) is 60. The van der Waals surface area contributed by atoms with E-state index in [2.05, 4.69) is 20.8 Å². The molecule has 0 aromatic heterocycles. The SMILES string of the molecule is CCCCCCCCCCCCCCCCCCCCCCCCCCCCCCCCC(=O)OCC(COC(=O)CCCCCCCCCCCCCCCCCC)OC(=O)CCCCCCCCCCCCCCCCCCC. The number of hydrogen-bond donors (Lipinski definition) is 0. The number of rotatable bonds is 71. The Morgan fingerprint density at radius 3 is 0.494 bits per heavy atom. The molecule has 0 rings (SSSR count). The molecule has 0 aromatic rings. The Kier molecular flexibility index (Phi) is 69.5. The van der Waals surface area contributed by atoms with Crippen molar-refractivity contribution in [2.45, 2.75) is 451 Å². The monoisotopic (exact) mass is 1140 g/mol. The molecule has 6 nitrogen and oxygen atoms in total. The van der Waals surface area contributed by atoms with E-state index in [-0.39, 0.29) is 31.1 Å². The summed E-state index contributed by atoms with van der Waals surface area (Å²) in [6, 6.07) is 0. The number of esters is 3. The Morgan fingerprint density at radius 2 is 0.333 bits per heavy atom. The summed E-state index contributed by atoms with van der Waals surface area (Å²) in [6.07, 6.45) is 84.4. The van der Waals surface area contributed by atoms with E-state index in [9.17, 15) is 14.4 Å². The average Bonchev–Trinajstić information content (AvgIpc) is 3.47. The third kappa shape index (κ3) is 69.1. The van der Waals surface area contributed by atoms with Crippen LogP contribution in [0.25, 0.3) is 0 Å². The maximum absolute atomic E-state index is 13.0. The van der Waals surface area contributed by atoms with Gasteiger partial charge in [0.25, 0.3) is 0 Å². The van der Waals surface area contributed by atoms with Crippen molar-refractivity contribution in [1.82, 2.24) is 0 Å². The number of ether oxygens (including phenoxy) is 3. The van der Waals surface area contributed by atoms with Gasteiger partial charge in [0.05, 0.1) is 0 Å². The lowest BCUT2D eigenvalue weighted by Gasteiger charge is -2.18. The predicted octanol–water partition coefficient (Wildman–Crippen LogP) is 25.8. The molecule has 0 aromatic carbocycles. The van der Waals surface area contributed by atoms with E-state index in [1.165, 1.54) is 347 Å². The molecule has 0 saturated carbocycles. The molecule has 482 valence electrons. The van der Waals surface area contributed by atoms with Crippen LogP contribution in [0, 0.1) is 0 Å². The third-order valence-electron chi connectivity index (χ3n) is 17.6. The van der Waals surface area contributed by atoms with Gasteiger partial charge in [-0.3, -0.25) is 14.4 Å². The van der Waals surface area contributed by atoms with Gasteiger partial charge in [-0.1, -0.05) is 406 Å². The molecule has 0 radical (unpaired) electrons. The summed E-state index contributed by atoms with van der Waals surface area (Å²) in [5, 5.41) is 0. The smallest absolute Gasteiger partial charge is 0.306 e. The van der Waals surface area contributed by atoms with Crippen LogP contribution >= 0.6 is 0 Å². The molecule has 0 aliphatic rings. The van der Waals surface area contributed by atoms with E-state index in [4.69, 9.17) is 14.2 Å². The minimum absolute atomic E-state index is 0.0600. The Morgan fingerprint density at radius 1 is 0.198 bits per heavy atom. The fourth-order valence-corrected chi connectivity index (χ4v) is 12.0. The standard InChI is InChI=1S/C75H146O6/c1-4-7-10-13-16-19-22-25-28-31-32-33-34-35-36-37-38-39-40-41-42-43-45-47-50-53-56-59-62-65-68-74(77)80-71-72(70-79-73(76)67-64-61-58-55-52-49-46-30-27-24-21-18-15-12-9-6-3)81-75(78)69-66-63-60-57-54-51-48-44-29-26-23-20-17-14-11-8-5-2/h72H,4-71H2,1-3H3. The summed E-state index contributed by atoms with van der Waals surface area (Å²) in [6.45, 7) is 6.75. The first-order chi connectivity index (χ1) is 40.0. The lowest BCUT2D eigenvalue weighted by Crippen LogP contribution is -2.30. The third-order valence-corrected chi connectivity index (χ3v) is 17.6. The van der Waals surface area contributed by atoms with Gasteiger partial charge < -0.3 is 14.2 Å². The zero-order valence-corrected chi connectivity index (χ0v) is 55.6. The number of hydrogen-bond acceptors (Lipinski definition) is 6. The van der Waals surface area contributed by atoms with Gasteiger partial charge in [-0.25, -0.2) is 0 Å². The molecule has 0 saturated heterocycles. The van der Waals surface area contributed by atoms with Gasteiger partial charge in [0.2, 0.25) is 0 Å². The summed E-state index contributed by atoms with van der Waals surface area (Å²) in [7, 11) is 0. The van der Waals surface area contributed by atoms with Crippen LogP contribution in [0.4, 0.5) is 0 Å². The van der Waals surface area contributed by atoms with Crippen molar-refractivity contribution in [2.24, 2.45) is 0 Å². The first-order valence-electron chi connectivity index (χ1n) is 37.5. The van der Waals surface area contributed by atoms with Gasteiger partial charge in [-0.05, 0) is 19.3 Å². The van der Waals surface area contributed by atoms with Crippen molar-refractivity contribution < 1.29 is 28.6 Å². The van der Waals surface area contributed by atoms with E-state index in [0.717, 1.165) is 57.8 Å². The fraction of sp³-hybridized carbons (Fsp3) is 0.960. The van der Waals surface area contributed by atoms with Gasteiger partial charge in [0.1, 0.15) is 13.2 Å². The zero-order chi connectivity index (χ0) is 58.5. The highest BCUT2D eigenvalue weighted by molar-refractivity contribution is 5.71. The van der Waals surface area contributed by atoms with E-state index >= 15 is 0 Å². The molecule has 81 heavy (non-hydrogen) atoms. The maximum Gasteiger partial charge on any atom is 0.306 e. The number of carbonyl (C=O) groups excluding carboxylic acids is 3. The molecular formula is C75H146O6. The Hall–Kier alpha value is -1.59. The molecule has 0 heterocycles. The largest absolute Gasteiger partial charge is 0.462 e. The first-order valence-corrected chi connectivity index (χ1v) is 37.5. The highest BCUT2D eigenvalue weighted by Gasteiger charge is 2.20. The highest BCUT2D eigenvalue weighted by Crippen LogP contribution is 2.20. The van der Waals surface area contributed by atoms with Crippen LogP contribution in [0.2, 0.25) is 0 Å². The molecule has 0 fully saturated rings. The van der Waals surface area contributed by atoms with Gasteiger partial charge in [0.15, 0.2) is 6.10 Å². The summed E-state index contributed by atoms with van der Waals surface area (Å²) in [5.74, 6) is -0.817. The Balaban J connectivity index is 4.14. The van der Waals surface area contributed by atoms with E-state index in [0.29, 0.717) is 19.3 Å². The first kappa shape index (κ1) is 79.4. The highest BCUT2D eigenvalue weighted by atomic mass is 16.6. The van der Waals surface area contributed by atoms with Gasteiger partial charge >= 0.3 is 17.9 Å². The summed E-state index contributed by atoms with van der Waals surface area (Å²) < 4.78 is 17.0. The normalized spacial score (nSPS) is 11.9. The van der Waals surface area contributed by atoms with Crippen molar-refractivity contribution in [2.75, 3.05) is 13.2 Å². The van der Waals surface area contributed by atoms with Crippen LogP contribution in [0.3, 0.4) is 0 Å². The van der Waals surface area contributed by atoms with Crippen molar-refractivity contribution in [1.29, 1.82) is 0 Å². The van der Waals surface area contributed by atoms with Gasteiger partial charge in [-0.2, -0.15) is 0 Å². The van der Waals surface area contributed by atoms with Crippen LogP contribution in [-0.4, -0.2) is 37.2 Å². The molecule has 0 amide bonds. The van der Waals surface area contributed by atoms with Crippen LogP contribution in [0.1, 0.15) is 445 Å². The van der Waals surface area contributed by atoms with Crippen LogP contribution in [0.5, 0.6) is 0 Å². The Bertz CT molecular complexity index is 1220. The van der Waals surface area contributed by atoms with Crippen LogP contribution < -0.4 is 0 Å².